The number of hydrogen-bond donors (Lipinski definition) is 10. The molecule has 0 amide bonds. The Morgan fingerprint density at radius 3 is 1.27 bits per heavy atom. The fourth-order valence-electron chi connectivity index (χ4n) is 6.60. The van der Waals surface area contributed by atoms with E-state index in [1.54, 1.807) is 84.9 Å². The molecule has 0 aromatic heterocycles. The Labute approximate surface area is 456 Å². The Balaban J connectivity index is 0.000000315. The summed E-state index contributed by atoms with van der Waals surface area (Å²) in [7, 11) is 0. The van der Waals surface area contributed by atoms with E-state index in [9.17, 15) is 38.7 Å². The topological polar surface area (TPSA) is 322 Å². The molecule has 414 valence electrons. The number of carbonyl (C=O) groups is 7. The highest BCUT2D eigenvalue weighted by atomic mass is 16.4. The van der Waals surface area contributed by atoms with E-state index in [2.05, 4.69) is 0 Å². The number of aliphatic hydroxyl groups excluding tert-OH is 3. The fourth-order valence-corrected chi connectivity index (χ4v) is 6.60. The maximum atomic E-state index is 10.5. The first-order valence-corrected chi connectivity index (χ1v) is 24.4. The molecule has 4 unspecified atom stereocenters. The molecule has 0 heterocycles. The first kappa shape index (κ1) is 65.6. The normalized spacial score (nSPS) is 13.5. The molecule has 10 N–H and O–H groups in total. The molecule has 8 rings (SSSR count). The molecule has 0 bridgehead atoms. The van der Waals surface area contributed by atoms with Crippen LogP contribution in [0.3, 0.4) is 0 Å². The van der Waals surface area contributed by atoms with E-state index < -0.39 is 60.1 Å². The van der Waals surface area contributed by atoms with Crippen molar-refractivity contribution in [3.8, 4) is 0 Å². The lowest BCUT2D eigenvalue weighted by Gasteiger charge is -2.06. The number of carboxylic acids is 7. The van der Waals surface area contributed by atoms with Crippen LogP contribution in [-0.4, -0.2) is 99.0 Å². The van der Waals surface area contributed by atoms with Crippen LogP contribution in [0.4, 0.5) is 0 Å². The van der Waals surface area contributed by atoms with E-state index >= 15 is 0 Å². The summed E-state index contributed by atoms with van der Waals surface area (Å²) in [4.78, 5) is 71.7. The largest absolute Gasteiger partial charge is 0.481 e. The lowest BCUT2D eigenvalue weighted by Crippen LogP contribution is -2.21. The maximum Gasteiger partial charge on any atom is 0.337 e. The standard InChI is InChI=1S/C10H10O2.2C9H10O3.C9H10O2.C9H8O2.C8H8O3.C8H8O2/c11-10(12)9-6-8(9)7-4-2-1-3-5-7;10-8(6-9(11)12)7-4-2-1-3-5-7;10-8(9(11)12)6-7-4-2-1-3-5-7;2*10-9(11)7-6-8-4-2-1-3-5-8;9-7(8(10)11)6-4-2-1-3-5-6;9-8(10)6-7-4-2-1-3-5-7/h1-5,8-9H,6H2,(H,11,12);2*1-5,8,10H,6H2,(H,11,12);1-5H,6-7H2,(H,10,11);1-7H,(H,10,11);1-5,7,9H,(H,10,11);1-5H,6H2,(H,9,10)/b;;;;7-6+;;/t8?,9-;;;;;;/m0....../s1. The minimum Gasteiger partial charge on any atom is -0.481 e. The summed E-state index contributed by atoms with van der Waals surface area (Å²) in [6, 6.07) is 63.9. The molecule has 1 fully saturated rings. The van der Waals surface area contributed by atoms with Crippen molar-refractivity contribution in [2.75, 3.05) is 0 Å². The number of aliphatic hydroxyl groups is 3. The van der Waals surface area contributed by atoms with Crippen LogP contribution < -0.4 is 0 Å². The smallest absolute Gasteiger partial charge is 0.337 e. The van der Waals surface area contributed by atoms with Crippen molar-refractivity contribution < 1.29 is 84.6 Å². The highest BCUT2D eigenvalue weighted by Gasteiger charge is 2.43. The van der Waals surface area contributed by atoms with Crippen LogP contribution in [0.25, 0.3) is 6.08 Å². The molecule has 0 spiro atoms. The Hall–Kier alpha value is -9.55. The molecule has 1 aliphatic carbocycles. The Morgan fingerprint density at radius 2 is 0.873 bits per heavy atom. The lowest BCUT2D eigenvalue weighted by molar-refractivity contribution is -0.147. The van der Waals surface area contributed by atoms with Gasteiger partial charge in [0, 0.05) is 18.9 Å². The van der Waals surface area contributed by atoms with Gasteiger partial charge in [-0.1, -0.05) is 212 Å². The van der Waals surface area contributed by atoms with Crippen molar-refractivity contribution in [3.05, 3.63) is 257 Å². The van der Waals surface area contributed by atoms with Gasteiger partial charge in [-0.3, -0.25) is 19.2 Å². The second kappa shape index (κ2) is 38.1. The summed E-state index contributed by atoms with van der Waals surface area (Å²) in [5.41, 5.74) is 5.84. The summed E-state index contributed by atoms with van der Waals surface area (Å²) in [6.07, 6.45) is 0.741. The van der Waals surface area contributed by atoms with Gasteiger partial charge in [0.15, 0.2) is 12.2 Å². The highest BCUT2D eigenvalue weighted by molar-refractivity contribution is 5.85. The predicted octanol–water partition coefficient (Wildman–Crippen LogP) is 9.35. The number of benzene rings is 7. The van der Waals surface area contributed by atoms with Crippen LogP contribution in [0.2, 0.25) is 0 Å². The average Bonchev–Trinajstić information content (AvgIpc) is 4.31. The number of aliphatic carboxylic acids is 7. The molecule has 5 atom stereocenters. The van der Waals surface area contributed by atoms with Crippen molar-refractivity contribution in [2.45, 2.75) is 62.8 Å². The molecule has 1 aliphatic rings. The van der Waals surface area contributed by atoms with E-state index in [-0.39, 0.29) is 37.5 Å². The van der Waals surface area contributed by atoms with E-state index in [1.807, 2.05) is 133 Å². The summed E-state index contributed by atoms with van der Waals surface area (Å²) in [6.45, 7) is 0. The Bertz CT molecular complexity index is 2820. The average molecular weight is 1080 g/mol. The monoisotopic (exact) mass is 1080 g/mol. The summed E-state index contributed by atoms with van der Waals surface area (Å²) in [5, 5.41) is 86.2. The second-order valence-corrected chi connectivity index (χ2v) is 16.9. The van der Waals surface area contributed by atoms with Crippen LogP contribution in [0.15, 0.2) is 218 Å². The molecule has 17 nitrogen and oxygen atoms in total. The van der Waals surface area contributed by atoms with E-state index in [0.29, 0.717) is 17.5 Å². The van der Waals surface area contributed by atoms with Gasteiger partial charge < -0.3 is 51.1 Å². The van der Waals surface area contributed by atoms with Gasteiger partial charge in [-0.2, -0.15) is 0 Å². The van der Waals surface area contributed by atoms with Gasteiger partial charge in [-0.25, -0.2) is 14.4 Å². The zero-order chi connectivity index (χ0) is 58.4. The SMILES string of the molecule is O=C(O)/C=C/c1ccccc1.O=C(O)C(O)Cc1ccccc1.O=C(O)C(O)c1ccccc1.O=C(O)CC(O)c1ccccc1.O=C(O)CCc1ccccc1.O=C(O)Cc1ccccc1.O=C(O)[C@H]1CC1c1ccccc1. The summed E-state index contributed by atoms with van der Waals surface area (Å²) >= 11 is 0. The van der Waals surface area contributed by atoms with Crippen LogP contribution in [0.1, 0.15) is 76.3 Å². The van der Waals surface area contributed by atoms with Crippen molar-refractivity contribution in [1.29, 1.82) is 0 Å². The minimum absolute atomic E-state index is 0.112. The van der Waals surface area contributed by atoms with Gasteiger partial charge in [0.25, 0.3) is 0 Å². The maximum absolute atomic E-state index is 10.5. The van der Waals surface area contributed by atoms with Gasteiger partial charge in [0.2, 0.25) is 0 Å². The van der Waals surface area contributed by atoms with Crippen LogP contribution in [-0.2, 0) is 52.8 Å². The molecule has 1 saturated carbocycles. The van der Waals surface area contributed by atoms with E-state index in [4.69, 9.17) is 46.0 Å². The number of carboxylic acid groups (broad SMARTS) is 7. The zero-order valence-corrected chi connectivity index (χ0v) is 42.8. The molecular formula is C62H64O17. The number of rotatable bonds is 17. The summed E-state index contributed by atoms with van der Waals surface area (Å²) < 4.78 is 0. The van der Waals surface area contributed by atoms with Crippen molar-refractivity contribution in [2.24, 2.45) is 5.92 Å². The molecule has 17 heteroatoms. The first-order chi connectivity index (χ1) is 37.8. The first-order valence-electron chi connectivity index (χ1n) is 24.4. The molecule has 7 aromatic carbocycles. The Kier molecular flexibility index (Phi) is 31.6. The van der Waals surface area contributed by atoms with Gasteiger partial charge in [0.05, 0.1) is 24.9 Å². The quantitative estimate of drug-likeness (QED) is 0.0380. The fraction of sp³-hybridized carbons (Fsp3) is 0.177. The molecule has 0 saturated heterocycles. The molecule has 0 aliphatic heterocycles. The highest BCUT2D eigenvalue weighted by Crippen LogP contribution is 2.47. The van der Waals surface area contributed by atoms with Crippen molar-refractivity contribution in [1.82, 2.24) is 0 Å². The van der Waals surface area contributed by atoms with Crippen LogP contribution in [0.5, 0.6) is 0 Å². The Morgan fingerprint density at radius 1 is 0.456 bits per heavy atom. The molecule has 7 aromatic rings. The van der Waals surface area contributed by atoms with Gasteiger partial charge in [0.1, 0.15) is 0 Å². The minimum atomic E-state index is -1.41. The van der Waals surface area contributed by atoms with Crippen molar-refractivity contribution >= 4 is 47.9 Å². The van der Waals surface area contributed by atoms with Crippen molar-refractivity contribution in [3.63, 3.8) is 0 Å². The summed E-state index contributed by atoms with van der Waals surface area (Å²) in [5.74, 6) is -6.38. The number of aryl methyl sites for hydroxylation is 1. The molecular weight excluding hydrogens is 1020 g/mol. The van der Waals surface area contributed by atoms with Gasteiger partial charge in [-0.05, 0) is 63.8 Å². The van der Waals surface area contributed by atoms with E-state index in [1.165, 1.54) is 0 Å². The lowest BCUT2D eigenvalue weighted by atomic mass is 10.1. The van der Waals surface area contributed by atoms with Gasteiger partial charge in [-0.15, -0.1) is 0 Å². The predicted molar refractivity (Wildman–Crippen MR) is 295 cm³/mol. The zero-order valence-electron chi connectivity index (χ0n) is 42.8. The second-order valence-electron chi connectivity index (χ2n) is 16.9. The van der Waals surface area contributed by atoms with Gasteiger partial charge >= 0.3 is 41.8 Å². The van der Waals surface area contributed by atoms with Crippen LogP contribution >= 0.6 is 0 Å². The number of hydrogen-bond acceptors (Lipinski definition) is 10. The van der Waals surface area contributed by atoms with Crippen LogP contribution in [0, 0.1) is 5.92 Å². The molecule has 0 radical (unpaired) electrons. The van der Waals surface area contributed by atoms with E-state index in [0.717, 1.165) is 40.3 Å². The third-order valence-electron chi connectivity index (χ3n) is 10.7. The third-order valence-corrected chi connectivity index (χ3v) is 10.7. The molecule has 79 heavy (non-hydrogen) atoms. The third kappa shape index (κ3) is 31.2.